The van der Waals surface area contributed by atoms with Crippen LogP contribution < -0.4 is 14.2 Å². The lowest BCUT2D eigenvalue weighted by Crippen LogP contribution is -2.05. The Morgan fingerprint density at radius 1 is 0.879 bits per heavy atom. The number of fused-ring (bicyclic) bond motifs is 1. The lowest BCUT2D eigenvalue weighted by Gasteiger charge is -2.13. The van der Waals surface area contributed by atoms with Gasteiger partial charge in [0.1, 0.15) is 11.6 Å². The zero-order valence-corrected chi connectivity index (χ0v) is 19.3. The SMILES string of the molecule is C=CCc1ccccc1OCCCCn1c(-c2ccc(OC)c(OC)c2)nc2ccccc21. The largest absolute Gasteiger partial charge is 0.493 e. The fourth-order valence-electron chi connectivity index (χ4n) is 4.02. The highest BCUT2D eigenvalue weighted by atomic mass is 16.5. The van der Waals surface area contributed by atoms with Gasteiger partial charge in [-0.1, -0.05) is 36.4 Å². The fraction of sp³-hybridized carbons (Fsp3) is 0.250. The summed E-state index contributed by atoms with van der Waals surface area (Å²) < 4.78 is 19.3. The van der Waals surface area contributed by atoms with Crippen molar-refractivity contribution in [1.29, 1.82) is 0 Å². The molecule has 0 bridgehead atoms. The van der Waals surface area contributed by atoms with Crippen molar-refractivity contribution in [3.63, 3.8) is 0 Å². The first-order chi connectivity index (χ1) is 16.2. The van der Waals surface area contributed by atoms with E-state index in [1.807, 2.05) is 48.5 Å². The van der Waals surface area contributed by atoms with Crippen LogP contribution in [0, 0.1) is 0 Å². The predicted octanol–water partition coefficient (Wildman–Crippen LogP) is 6.31. The molecule has 0 unspecified atom stereocenters. The van der Waals surface area contributed by atoms with Gasteiger partial charge in [0, 0.05) is 12.1 Å². The maximum atomic E-state index is 6.06. The van der Waals surface area contributed by atoms with Crippen LogP contribution in [0.3, 0.4) is 0 Å². The van der Waals surface area contributed by atoms with Crippen LogP contribution in [-0.4, -0.2) is 30.4 Å². The fourth-order valence-corrected chi connectivity index (χ4v) is 4.02. The molecule has 0 saturated heterocycles. The topological polar surface area (TPSA) is 45.5 Å². The molecular formula is C28H30N2O3. The van der Waals surface area contributed by atoms with Crippen molar-refractivity contribution in [1.82, 2.24) is 9.55 Å². The molecule has 0 aliphatic heterocycles. The summed E-state index contributed by atoms with van der Waals surface area (Å²) in [4.78, 5) is 4.92. The van der Waals surface area contributed by atoms with Gasteiger partial charge in [-0.05, 0) is 61.2 Å². The minimum absolute atomic E-state index is 0.673. The second-order valence-electron chi connectivity index (χ2n) is 7.80. The lowest BCUT2D eigenvalue weighted by molar-refractivity contribution is 0.301. The third-order valence-electron chi connectivity index (χ3n) is 5.67. The van der Waals surface area contributed by atoms with Crippen molar-refractivity contribution in [2.24, 2.45) is 0 Å². The van der Waals surface area contributed by atoms with E-state index in [0.717, 1.165) is 54.0 Å². The summed E-state index contributed by atoms with van der Waals surface area (Å²) in [6.07, 6.45) is 4.64. The first kappa shape index (κ1) is 22.5. The van der Waals surface area contributed by atoms with E-state index in [9.17, 15) is 0 Å². The maximum Gasteiger partial charge on any atom is 0.161 e. The van der Waals surface area contributed by atoms with Crippen LogP contribution in [0.5, 0.6) is 17.2 Å². The zero-order valence-electron chi connectivity index (χ0n) is 19.3. The van der Waals surface area contributed by atoms with E-state index in [0.29, 0.717) is 18.1 Å². The van der Waals surface area contributed by atoms with Gasteiger partial charge in [0.25, 0.3) is 0 Å². The van der Waals surface area contributed by atoms with Gasteiger partial charge in [-0.25, -0.2) is 4.98 Å². The Kier molecular flexibility index (Phi) is 7.30. The standard InChI is InChI=1S/C28H30N2O3/c1-4-11-21-12-5-8-15-25(21)33-19-10-9-18-30-24-14-7-6-13-23(24)29-28(30)22-16-17-26(31-2)27(20-22)32-3/h4-8,12-17,20H,1,9-11,18-19H2,2-3H3. The van der Waals surface area contributed by atoms with Gasteiger partial charge < -0.3 is 18.8 Å². The summed E-state index contributed by atoms with van der Waals surface area (Å²) in [6.45, 7) is 5.36. The molecule has 4 aromatic rings. The number of ether oxygens (including phenoxy) is 3. The highest BCUT2D eigenvalue weighted by molar-refractivity contribution is 5.81. The van der Waals surface area contributed by atoms with E-state index in [-0.39, 0.29) is 0 Å². The van der Waals surface area contributed by atoms with Crippen molar-refractivity contribution in [3.05, 3.63) is 84.9 Å². The predicted molar refractivity (Wildman–Crippen MR) is 133 cm³/mol. The van der Waals surface area contributed by atoms with Gasteiger partial charge in [0.05, 0.1) is 31.9 Å². The Labute approximate surface area is 195 Å². The molecule has 4 rings (SSSR count). The number of imidazole rings is 1. The summed E-state index contributed by atoms with van der Waals surface area (Å²) in [5.41, 5.74) is 4.28. The van der Waals surface area contributed by atoms with Crippen molar-refractivity contribution < 1.29 is 14.2 Å². The minimum Gasteiger partial charge on any atom is -0.493 e. The summed E-state index contributed by atoms with van der Waals surface area (Å²) in [6, 6.07) is 22.3. The molecule has 0 saturated carbocycles. The molecule has 3 aromatic carbocycles. The van der Waals surface area contributed by atoms with Crippen LogP contribution in [0.4, 0.5) is 0 Å². The molecular weight excluding hydrogens is 412 g/mol. The number of hydrogen-bond acceptors (Lipinski definition) is 4. The van der Waals surface area contributed by atoms with Crippen molar-refractivity contribution in [2.45, 2.75) is 25.8 Å². The third kappa shape index (κ3) is 5.03. The minimum atomic E-state index is 0.673. The van der Waals surface area contributed by atoms with Crippen molar-refractivity contribution in [2.75, 3.05) is 20.8 Å². The molecule has 0 N–H and O–H groups in total. The van der Waals surface area contributed by atoms with Gasteiger partial charge in [0.2, 0.25) is 0 Å². The molecule has 1 aromatic heterocycles. The van der Waals surface area contributed by atoms with Crippen LogP contribution in [0.1, 0.15) is 18.4 Å². The molecule has 1 heterocycles. The Hall–Kier alpha value is -3.73. The number of benzene rings is 3. The van der Waals surface area contributed by atoms with Crippen LogP contribution >= 0.6 is 0 Å². The van der Waals surface area contributed by atoms with E-state index in [2.05, 4.69) is 35.4 Å². The number of methoxy groups -OCH3 is 2. The van der Waals surface area contributed by atoms with E-state index in [1.165, 1.54) is 5.56 Å². The Balaban J connectivity index is 1.49. The summed E-state index contributed by atoms with van der Waals surface area (Å²) in [5.74, 6) is 3.27. The van der Waals surface area contributed by atoms with Crippen LogP contribution in [0.25, 0.3) is 22.4 Å². The highest BCUT2D eigenvalue weighted by Gasteiger charge is 2.15. The highest BCUT2D eigenvalue weighted by Crippen LogP contribution is 2.33. The first-order valence-electron chi connectivity index (χ1n) is 11.2. The number of aryl methyl sites for hydroxylation is 1. The Morgan fingerprint density at radius 3 is 2.48 bits per heavy atom. The number of unbranched alkanes of at least 4 members (excludes halogenated alkanes) is 1. The second kappa shape index (κ2) is 10.7. The van der Waals surface area contributed by atoms with Gasteiger partial charge >= 0.3 is 0 Å². The van der Waals surface area contributed by atoms with Crippen LogP contribution in [0.2, 0.25) is 0 Å². The lowest BCUT2D eigenvalue weighted by atomic mass is 10.1. The number of hydrogen-bond donors (Lipinski definition) is 0. The van der Waals surface area contributed by atoms with Crippen molar-refractivity contribution >= 4 is 11.0 Å². The molecule has 0 spiro atoms. The quantitative estimate of drug-likeness (QED) is 0.202. The number of rotatable bonds is 11. The zero-order chi connectivity index (χ0) is 23.0. The molecule has 33 heavy (non-hydrogen) atoms. The molecule has 0 amide bonds. The molecule has 0 radical (unpaired) electrons. The Bertz CT molecular complexity index is 1230. The molecule has 0 aliphatic carbocycles. The van der Waals surface area contributed by atoms with E-state index in [1.54, 1.807) is 14.2 Å². The number of nitrogens with zero attached hydrogens (tertiary/aromatic N) is 2. The summed E-state index contributed by atoms with van der Waals surface area (Å²) in [7, 11) is 3.29. The number of aromatic nitrogens is 2. The van der Waals surface area contributed by atoms with Crippen molar-refractivity contribution in [3.8, 4) is 28.6 Å². The molecule has 0 fully saturated rings. The average molecular weight is 443 g/mol. The third-order valence-corrected chi connectivity index (χ3v) is 5.67. The summed E-state index contributed by atoms with van der Waals surface area (Å²) in [5, 5.41) is 0. The average Bonchev–Trinajstić information content (AvgIpc) is 3.23. The summed E-state index contributed by atoms with van der Waals surface area (Å²) >= 11 is 0. The van der Waals surface area contributed by atoms with Crippen LogP contribution in [0.15, 0.2) is 79.4 Å². The maximum absolute atomic E-state index is 6.06. The molecule has 0 atom stereocenters. The smallest absolute Gasteiger partial charge is 0.161 e. The van der Waals surface area contributed by atoms with E-state index in [4.69, 9.17) is 19.2 Å². The normalized spacial score (nSPS) is 10.8. The molecule has 0 aliphatic rings. The molecule has 5 heteroatoms. The number of para-hydroxylation sites is 3. The van der Waals surface area contributed by atoms with Gasteiger partial charge in [-0.15, -0.1) is 6.58 Å². The van der Waals surface area contributed by atoms with E-state index < -0.39 is 0 Å². The van der Waals surface area contributed by atoms with Crippen LogP contribution in [-0.2, 0) is 13.0 Å². The molecule has 170 valence electrons. The van der Waals surface area contributed by atoms with E-state index >= 15 is 0 Å². The second-order valence-corrected chi connectivity index (χ2v) is 7.80. The monoisotopic (exact) mass is 442 g/mol. The molecule has 5 nitrogen and oxygen atoms in total. The van der Waals surface area contributed by atoms with Gasteiger partial charge in [-0.2, -0.15) is 0 Å². The number of allylic oxidation sites excluding steroid dienone is 1. The Morgan fingerprint density at radius 2 is 1.67 bits per heavy atom. The van der Waals surface area contributed by atoms with Gasteiger partial charge in [0.15, 0.2) is 11.5 Å². The first-order valence-corrected chi connectivity index (χ1v) is 11.2. The van der Waals surface area contributed by atoms with Gasteiger partial charge in [-0.3, -0.25) is 0 Å².